The first-order chi connectivity index (χ1) is 9.75. The van der Waals surface area contributed by atoms with E-state index < -0.39 is 0 Å². The molecule has 5 nitrogen and oxygen atoms in total. The number of aromatic nitrogens is 3. The fraction of sp³-hybridized carbons (Fsp3) is 0.429. The van der Waals surface area contributed by atoms with E-state index in [1.54, 1.807) is 18.0 Å². The molecule has 0 saturated carbocycles. The van der Waals surface area contributed by atoms with Crippen molar-refractivity contribution in [1.82, 2.24) is 19.9 Å². The zero-order valence-electron chi connectivity index (χ0n) is 11.3. The number of hydrogen-bond acceptors (Lipinski definition) is 5. The predicted octanol–water partition coefficient (Wildman–Crippen LogP) is 2.26. The maximum absolute atomic E-state index is 12.2. The van der Waals surface area contributed by atoms with Crippen LogP contribution in [0.3, 0.4) is 0 Å². The Morgan fingerprint density at radius 1 is 1.30 bits per heavy atom. The van der Waals surface area contributed by atoms with E-state index in [9.17, 15) is 4.79 Å². The molecule has 104 valence electrons. The number of rotatable bonds is 2. The highest BCUT2D eigenvalue weighted by Gasteiger charge is 2.26. The van der Waals surface area contributed by atoms with Gasteiger partial charge in [0.15, 0.2) is 0 Å². The molecule has 6 heteroatoms. The number of likely N-dealkylation sites (tertiary alicyclic amines) is 1. The number of amides is 1. The van der Waals surface area contributed by atoms with Crippen molar-refractivity contribution in [1.29, 1.82) is 0 Å². The van der Waals surface area contributed by atoms with Gasteiger partial charge in [-0.2, -0.15) is 0 Å². The van der Waals surface area contributed by atoms with Crippen LogP contribution >= 0.6 is 11.3 Å². The average Bonchev–Trinajstić information content (AvgIpc) is 3.01. The fourth-order valence-electron chi connectivity index (χ4n) is 2.67. The summed E-state index contributed by atoms with van der Waals surface area (Å²) < 4.78 is 0. The van der Waals surface area contributed by atoms with Crippen LogP contribution in [0.5, 0.6) is 0 Å². The number of carbonyl (C=O) groups excluding carboxylic acids is 1. The lowest BCUT2D eigenvalue weighted by Gasteiger charge is -2.31. The van der Waals surface area contributed by atoms with Gasteiger partial charge in [0.1, 0.15) is 11.2 Å². The number of hydrogen-bond donors (Lipinski definition) is 0. The minimum Gasteiger partial charge on any atom is -0.338 e. The van der Waals surface area contributed by atoms with Gasteiger partial charge in [0.25, 0.3) is 5.91 Å². The van der Waals surface area contributed by atoms with Gasteiger partial charge in [-0.05, 0) is 25.3 Å². The normalized spacial score (nSPS) is 16.4. The number of piperidine rings is 1. The Morgan fingerprint density at radius 2 is 2.10 bits per heavy atom. The van der Waals surface area contributed by atoms with Crippen LogP contribution in [-0.4, -0.2) is 38.8 Å². The van der Waals surface area contributed by atoms with E-state index in [2.05, 4.69) is 15.0 Å². The summed E-state index contributed by atoms with van der Waals surface area (Å²) in [5, 5.41) is 0. The summed E-state index contributed by atoms with van der Waals surface area (Å²) in [5.41, 5.74) is 3.97. The molecule has 20 heavy (non-hydrogen) atoms. The Morgan fingerprint density at radius 3 is 2.75 bits per heavy atom. The molecule has 0 radical (unpaired) electrons. The van der Waals surface area contributed by atoms with Crippen LogP contribution in [0.25, 0.3) is 0 Å². The van der Waals surface area contributed by atoms with Gasteiger partial charge in [0.05, 0.1) is 11.7 Å². The summed E-state index contributed by atoms with van der Waals surface area (Å²) in [6.07, 6.45) is 7.03. The van der Waals surface area contributed by atoms with Crippen molar-refractivity contribution in [3.8, 4) is 0 Å². The molecule has 2 aromatic rings. The summed E-state index contributed by atoms with van der Waals surface area (Å²) in [4.78, 5) is 27.3. The lowest BCUT2D eigenvalue weighted by Crippen LogP contribution is -2.37. The summed E-state index contributed by atoms with van der Waals surface area (Å²) >= 11 is 1.40. The van der Waals surface area contributed by atoms with Crippen LogP contribution in [0.4, 0.5) is 0 Å². The first kappa shape index (κ1) is 13.2. The molecular weight excluding hydrogens is 272 g/mol. The van der Waals surface area contributed by atoms with Gasteiger partial charge in [0.2, 0.25) is 0 Å². The predicted molar refractivity (Wildman–Crippen MR) is 76.8 cm³/mol. The summed E-state index contributed by atoms with van der Waals surface area (Å²) in [5.74, 6) is 0.536. The second-order valence-electron chi connectivity index (χ2n) is 5.02. The van der Waals surface area contributed by atoms with Crippen molar-refractivity contribution in [2.45, 2.75) is 25.7 Å². The molecule has 0 bridgehead atoms. The van der Waals surface area contributed by atoms with Crippen molar-refractivity contribution < 1.29 is 4.79 Å². The van der Waals surface area contributed by atoms with Crippen LogP contribution < -0.4 is 0 Å². The van der Waals surface area contributed by atoms with Crippen molar-refractivity contribution in [3.63, 3.8) is 0 Å². The minimum atomic E-state index is 0.102. The summed E-state index contributed by atoms with van der Waals surface area (Å²) in [6.45, 7) is 3.61. The van der Waals surface area contributed by atoms with Gasteiger partial charge < -0.3 is 4.90 Å². The molecule has 0 atom stereocenters. The largest absolute Gasteiger partial charge is 0.338 e. The summed E-state index contributed by atoms with van der Waals surface area (Å²) in [7, 11) is 0. The van der Waals surface area contributed by atoms with E-state index in [1.165, 1.54) is 11.3 Å². The Bertz CT molecular complexity index is 591. The third-order valence-corrected chi connectivity index (χ3v) is 4.51. The minimum absolute atomic E-state index is 0.102. The molecule has 1 saturated heterocycles. The molecule has 1 aliphatic heterocycles. The zero-order valence-corrected chi connectivity index (χ0v) is 12.1. The molecule has 0 unspecified atom stereocenters. The number of carbonyl (C=O) groups is 1. The molecule has 0 aromatic carbocycles. The van der Waals surface area contributed by atoms with E-state index in [0.717, 1.165) is 42.1 Å². The van der Waals surface area contributed by atoms with E-state index in [1.807, 2.05) is 18.0 Å². The van der Waals surface area contributed by atoms with Crippen LogP contribution in [0.2, 0.25) is 0 Å². The van der Waals surface area contributed by atoms with Gasteiger partial charge >= 0.3 is 0 Å². The second-order valence-corrected chi connectivity index (χ2v) is 5.91. The Kier molecular flexibility index (Phi) is 3.73. The number of thiazole rings is 1. The lowest BCUT2D eigenvalue weighted by molar-refractivity contribution is 0.0716. The van der Waals surface area contributed by atoms with E-state index >= 15 is 0 Å². The van der Waals surface area contributed by atoms with Gasteiger partial charge in [-0.1, -0.05) is 0 Å². The number of aryl methyl sites for hydroxylation is 1. The smallest absolute Gasteiger partial charge is 0.265 e. The van der Waals surface area contributed by atoms with Crippen molar-refractivity contribution in [3.05, 3.63) is 40.4 Å². The van der Waals surface area contributed by atoms with Crippen LogP contribution in [0, 0.1) is 6.92 Å². The van der Waals surface area contributed by atoms with Crippen molar-refractivity contribution in [2.75, 3.05) is 13.1 Å². The SMILES string of the molecule is Cc1cncnc1C1CCN(C(=O)c2cncs2)CC1. The first-order valence-electron chi connectivity index (χ1n) is 6.70. The molecule has 1 aliphatic rings. The molecule has 0 spiro atoms. The third kappa shape index (κ3) is 2.56. The molecule has 2 aromatic heterocycles. The van der Waals surface area contributed by atoms with E-state index in [0.29, 0.717) is 5.92 Å². The van der Waals surface area contributed by atoms with Gasteiger partial charge in [-0.25, -0.2) is 9.97 Å². The van der Waals surface area contributed by atoms with Crippen molar-refractivity contribution >= 4 is 17.2 Å². The fourth-order valence-corrected chi connectivity index (χ4v) is 3.26. The maximum Gasteiger partial charge on any atom is 0.265 e. The van der Waals surface area contributed by atoms with Crippen LogP contribution in [0.15, 0.2) is 24.2 Å². The highest BCUT2D eigenvalue weighted by atomic mass is 32.1. The van der Waals surface area contributed by atoms with Gasteiger partial charge in [-0.3, -0.25) is 9.78 Å². The molecule has 3 rings (SSSR count). The molecule has 1 fully saturated rings. The standard InChI is InChI=1S/C14H16N4OS/c1-10-6-15-8-17-13(10)11-2-4-18(5-3-11)14(19)12-7-16-9-20-12/h6-9,11H,2-5H2,1H3. The molecule has 0 aliphatic carbocycles. The monoisotopic (exact) mass is 288 g/mol. The Labute approximate surface area is 121 Å². The van der Waals surface area contributed by atoms with Gasteiger partial charge in [-0.15, -0.1) is 11.3 Å². The number of nitrogens with zero attached hydrogens (tertiary/aromatic N) is 4. The van der Waals surface area contributed by atoms with Gasteiger partial charge in [0, 0.05) is 30.9 Å². The molecule has 0 N–H and O–H groups in total. The molecule has 1 amide bonds. The van der Waals surface area contributed by atoms with Crippen molar-refractivity contribution in [2.24, 2.45) is 0 Å². The molecule has 3 heterocycles. The topological polar surface area (TPSA) is 59.0 Å². The van der Waals surface area contributed by atoms with Crippen LogP contribution in [-0.2, 0) is 0 Å². The quantitative estimate of drug-likeness (QED) is 0.850. The highest BCUT2D eigenvalue weighted by molar-refractivity contribution is 7.11. The third-order valence-electron chi connectivity index (χ3n) is 3.75. The Hall–Kier alpha value is -1.82. The first-order valence-corrected chi connectivity index (χ1v) is 7.58. The Balaban J connectivity index is 1.65. The highest BCUT2D eigenvalue weighted by Crippen LogP contribution is 2.29. The van der Waals surface area contributed by atoms with Crippen LogP contribution in [0.1, 0.15) is 39.7 Å². The average molecular weight is 288 g/mol. The summed E-state index contributed by atoms with van der Waals surface area (Å²) in [6, 6.07) is 0. The lowest BCUT2D eigenvalue weighted by atomic mass is 9.91. The zero-order chi connectivity index (χ0) is 13.9. The molecular formula is C14H16N4OS. The van der Waals surface area contributed by atoms with E-state index in [4.69, 9.17) is 0 Å². The maximum atomic E-state index is 12.2. The van der Waals surface area contributed by atoms with E-state index in [-0.39, 0.29) is 5.91 Å². The second kappa shape index (κ2) is 5.66.